The van der Waals surface area contributed by atoms with E-state index in [4.69, 9.17) is 16.3 Å². The molecule has 0 unspecified atom stereocenters. The van der Waals surface area contributed by atoms with Gasteiger partial charge in [0.2, 0.25) is 5.75 Å². The highest BCUT2D eigenvalue weighted by atomic mass is 35.5. The number of hydrogen-bond donors (Lipinski definition) is 1. The molecule has 21 heavy (non-hydrogen) atoms. The van der Waals surface area contributed by atoms with Gasteiger partial charge < -0.3 is 10.1 Å². The first-order chi connectivity index (χ1) is 10.1. The van der Waals surface area contributed by atoms with Gasteiger partial charge in [-0.2, -0.15) is 0 Å². The van der Waals surface area contributed by atoms with Gasteiger partial charge in [-0.25, -0.2) is 0 Å². The van der Waals surface area contributed by atoms with E-state index >= 15 is 0 Å². The first-order valence-corrected chi connectivity index (χ1v) is 6.89. The first-order valence-electron chi connectivity index (χ1n) is 6.51. The fourth-order valence-electron chi connectivity index (χ4n) is 1.79. The van der Waals surface area contributed by atoms with Crippen LogP contribution in [0.5, 0.6) is 11.5 Å². The molecule has 5 nitrogen and oxygen atoms in total. The van der Waals surface area contributed by atoms with Gasteiger partial charge in [-0.05, 0) is 36.4 Å². The van der Waals surface area contributed by atoms with Gasteiger partial charge in [-0.15, -0.1) is 0 Å². The molecule has 0 atom stereocenters. The Hall–Kier alpha value is -2.11. The molecule has 2 rings (SSSR count). The standard InChI is InChI=1S/C15H15ClN2O3/c1-2-17-10-11-3-6-13(7-4-11)21-15-8-5-12(16)9-14(15)18(19)20/h3-9,17H,2,10H2,1H3. The second kappa shape index (κ2) is 7.06. The van der Waals surface area contributed by atoms with Gasteiger partial charge in [0.15, 0.2) is 0 Å². The van der Waals surface area contributed by atoms with Crippen LogP contribution in [-0.4, -0.2) is 11.5 Å². The topological polar surface area (TPSA) is 64.4 Å². The summed E-state index contributed by atoms with van der Waals surface area (Å²) in [4.78, 5) is 10.5. The van der Waals surface area contributed by atoms with E-state index in [2.05, 4.69) is 5.32 Å². The molecule has 0 saturated carbocycles. The fraction of sp³-hybridized carbons (Fsp3) is 0.200. The third-order valence-corrected chi connectivity index (χ3v) is 3.08. The van der Waals surface area contributed by atoms with Crippen LogP contribution in [0.1, 0.15) is 12.5 Å². The molecule has 0 fully saturated rings. The summed E-state index contributed by atoms with van der Waals surface area (Å²) in [5.74, 6) is 0.713. The van der Waals surface area contributed by atoms with Crippen LogP contribution in [0.2, 0.25) is 5.02 Å². The quantitative estimate of drug-likeness (QED) is 0.643. The second-order valence-corrected chi connectivity index (χ2v) is 4.83. The lowest BCUT2D eigenvalue weighted by atomic mass is 10.2. The number of benzene rings is 2. The van der Waals surface area contributed by atoms with Gasteiger partial charge in [-0.1, -0.05) is 30.7 Å². The van der Waals surface area contributed by atoms with E-state index in [9.17, 15) is 10.1 Å². The molecule has 0 aliphatic heterocycles. The molecule has 0 saturated heterocycles. The predicted molar refractivity (Wildman–Crippen MR) is 82.0 cm³/mol. The zero-order chi connectivity index (χ0) is 15.2. The van der Waals surface area contributed by atoms with E-state index in [1.807, 2.05) is 19.1 Å². The molecule has 110 valence electrons. The predicted octanol–water partition coefficient (Wildman–Crippen LogP) is 4.15. The monoisotopic (exact) mass is 306 g/mol. The number of nitro groups is 1. The van der Waals surface area contributed by atoms with E-state index < -0.39 is 4.92 Å². The van der Waals surface area contributed by atoms with Crippen molar-refractivity contribution in [3.05, 3.63) is 63.2 Å². The van der Waals surface area contributed by atoms with Crippen LogP contribution in [0.15, 0.2) is 42.5 Å². The summed E-state index contributed by atoms with van der Waals surface area (Å²) in [6.07, 6.45) is 0. The van der Waals surface area contributed by atoms with Crippen LogP contribution in [-0.2, 0) is 6.54 Å². The SMILES string of the molecule is CCNCc1ccc(Oc2ccc(Cl)cc2[N+](=O)[O-])cc1. The largest absolute Gasteiger partial charge is 0.450 e. The molecule has 0 aliphatic rings. The van der Waals surface area contributed by atoms with Gasteiger partial charge in [0, 0.05) is 17.6 Å². The molecule has 0 heterocycles. The highest BCUT2D eigenvalue weighted by molar-refractivity contribution is 6.30. The van der Waals surface area contributed by atoms with E-state index in [1.54, 1.807) is 18.2 Å². The van der Waals surface area contributed by atoms with Crippen LogP contribution in [0.4, 0.5) is 5.69 Å². The van der Waals surface area contributed by atoms with Crippen molar-refractivity contribution >= 4 is 17.3 Å². The van der Waals surface area contributed by atoms with Gasteiger partial charge in [0.05, 0.1) is 4.92 Å². The van der Waals surface area contributed by atoms with Crippen molar-refractivity contribution in [2.75, 3.05) is 6.54 Å². The zero-order valence-electron chi connectivity index (χ0n) is 11.5. The lowest BCUT2D eigenvalue weighted by Crippen LogP contribution is -2.11. The smallest absolute Gasteiger partial charge is 0.313 e. The zero-order valence-corrected chi connectivity index (χ0v) is 12.3. The molecule has 6 heteroatoms. The average Bonchev–Trinajstić information content (AvgIpc) is 2.48. The summed E-state index contributed by atoms with van der Waals surface area (Å²) >= 11 is 5.77. The maximum Gasteiger partial charge on any atom is 0.313 e. The van der Waals surface area contributed by atoms with Gasteiger partial charge in [0.25, 0.3) is 0 Å². The van der Waals surface area contributed by atoms with Crippen molar-refractivity contribution in [2.45, 2.75) is 13.5 Å². The number of nitro benzene ring substituents is 1. The molecule has 1 N–H and O–H groups in total. The van der Waals surface area contributed by atoms with Crippen LogP contribution in [0.25, 0.3) is 0 Å². The average molecular weight is 307 g/mol. The molecular formula is C15H15ClN2O3. The van der Waals surface area contributed by atoms with Crippen LogP contribution >= 0.6 is 11.6 Å². The Morgan fingerprint density at radius 3 is 2.57 bits per heavy atom. The third kappa shape index (κ3) is 4.18. The number of nitrogens with one attached hydrogen (secondary N) is 1. The molecular weight excluding hydrogens is 292 g/mol. The van der Waals surface area contributed by atoms with E-state index in [-0.39, 0.29) is 11.4 Å². The van der Waals surface area contributed by atoms with Gasteiger partial charge in [-0.3, -0.25) is 10.1 Å². The van der Waals surface area contributed by atoms with Crippen molar-refractivity contribution in [2.24, 2.45) is 0 Å². The fourth-order valence-corrected chi connectivity index (χ4v) is 1.96. The lowest BCUT2D eigenvalue weighted by molar-refractivity contribution is -0.385. The summed E-state index contributed by atoms with van der Waals surface area (Å²) < 4.78 is 5.56. The van der Waals surface area contributed by atoms with Crippen LogP contribution in [0, 0.1) is 10.1 Å². The molecule has 0 aromatic heterocycles. The Bertz CT molecular complexity index is 629. The van der Waals surface area contributed by atoms with E-state index in [1.165, 1.54) is 12.1 Å². The molecule has 0 bridgehead atoms. The first kappa shape index (κ1) is 15.3. The molecule has 0 spiro atoms. The Balaban J connectivity index is 2.16. The minimum Gasteiger partial charge on any atom is -0.450 e. The minimum absolute atomic E-state index is 0.153. The van der Waals surface area contributed by atoms with Gasteiger partial charge in [0.1, 0.15) is 5.75 Å². The number of nitrogens with zero attached hydrogens (tertiary/aromatic N) is 1. The third-order valence-electron chi connectivity index (χ3n) is 2.85. The Morgan fingerprint density at radius 2 is 1.95 bits per heavy atom. The summed E-state index contributed by atoms with van der Waals surface area (Å²) in [5, 5.41) is 14.5. The maximum atomic E-state index is 11.0. The van der Waals surface area contributed by atoms with E-state index in [0.29, 0.717) is 10.8 Å². The van der Waals surface area contributed by atoms with Crippen molar-refractivity contribution in [3.63, 3.8) is 0 Å². The van der Waals surface area contributed by atoms with Crippen LogP contribution < -0.4 is 10.1 Å². The summed E-state index contributed by atoms with van der Waals surface area (Å²) in [5.41, 5.74) is 0.967. The molecule has 0 amide bonds. The maximum absolute atomic E-state index is 11.0. The van der Waals surface area contributed by atoms with Crippen molar-refractivity contribution < 1.29 is 9.66 Å². The summed E-state index contributed by atoms with van der Waals surface area (Å²) in [6, 6.07) is 11.7. The van der Waals surface area contributed by atoms with Gasteiger partial charge >= 0.3 is 5.69 Å². The van der Waals surface area contributed by atoms with Crippen molar-refractivity contribution in [1.82, 2.24) is 5.32 Å². The molecule has 2 aromatic rings. The molecule has 0 radical (unpaired) electrons. The second-order valence-electron chi connectivity index (χ2n) is 4.40. The number of rotatable bonds is 6. The van der Waals surface area contributed by atoms with Crippen molar-refractivity contribution in [3.8, 4) is 11.5 Å². The Kier molecular flexibility index (Phi) is 5.14. The molecule has 0 aliphatic carbocycles. The Morgan fingerprint density at radius 1 is 1.24 bits per heavy atom. The lowest BCUT2D eigenvalue weighted by Gasteiger charge is -2.08. The number of hydrogen-bond acceptors (Lipinski definition) is 4. The Labute approximate surface area is 127 Å². The van der Waals surface area contributed by atoms with E-state index in [0.717, 1.165) is 18.7 Å². The summed E-state index contributed by atoms with van der Waals surface area (Å²) in [7, 11) is 0. The van der Waals surface area contributed by atoms with Crippen molar-refractivity contribution in [1.29, 1.82) is 0 Å². The highest BCUT2D eigenvalue weighted by Crippen LogP contribution is 2.33. The normalized spacial score (nSPS) is 10.4. The summed E-state index contributed by atoms with van der Waals surface area (Å²) in [6.45, 7) is 3.71. The molecule has 2 aromatic carbocycles. The number of halogens is 1. The number of ether oxygens (including phenoxy) is 1. The van der Waals surface area contributed by atoms with Crippen LogP contribution in [0.3, 0.4) is 0 Å². The minimum atomic E-state index is -0.513. The highest BCUT2D eigenvalue weighted by Gasteiger charge is 2.16.